The van der Waals surface area contributed by atoms with Crippen molar-refractivity contribution in [2.24, 2.45) is 11.8 Å². The third kappa shape index (κ3) is 29.8. The lowest BCUT2D eigenvalue weighted by molar-refractivity contribution is -0.161. The van der Waals surface area contributed by atoms with Crippen molar-refractivity contribution in [3.05, 3.63) is 22.7 Å². The molecule has 1 aromatic heterocycles. The van der Waals surface area contributed by atoms with Crippen LogP contribution in [-0.2, 0) is 46.3 Å². The number of aliphatic hydroxyl groups is 2. The molecule has 0 bridgehead atoms. The summed E-state index contributed by atoms with van der Waals surface area (Å²) in [4.78, 5) is 61.9. The van der Waals surface area contributed by atoms with Gasteiger partial charge in [-0.2, -0.15) is 9.29 Å². The molecule has 1 fully saturated rings. The molecule has 20 heteroatoms. The van der Waals surface area contributed by atoms with Crippen molar-refractivity contribution in [1.29, 1.82) is 0 Å². The van der Waals surface area contributed by atoms with Crippen LogP contribution in [0.3, 0.4) is 0 Å². The number of hydrogen-bond acceptors (Lipinski definition) is 15. The molecule has 7 atom stereocenters. The monoisotopic (exact) mass is 1010 g/mol. The van der Waals surface area contributed by atoms with E-state index in [1.54, 1.807) is 0 Å². The molecule has 0 aromatic carbocycles. The van der Waals surface area contributed by atoms with Gasteiger partial charge in [-0.05, 0) is 30.7 Å². The fourth-order valence-corrected chi connectivity index (χ4v) is 10.1. The van der Waals surface area contributed by atoms with E-state index in [9.17, 15) is 43.5 Å². The van der Waals surface area contributed by atoms with E-state index in [4.69, 9.17) is 29.0 Å². The van der Waals surface area contributed by atoms with E-state index >= 15 is 0 Å². The molecule has 1 aliphatic rings. The maximum absolute atomic E-state index is 12.9. The zero-order valence-electron chi connectivity index (χ0n) is 41.8. The summed E-state index contributed by atoms with van der Waals surface area (Å²) in [6.45, 7) is 6.79. The second kappa shape index (κ2) is 35.8. The minimum atomic E-state index is -5.42. The average molecular weight is 1010 g/mol. The van der Waals surface area contributed by atoms with Gasteiger partial charge in [0.1, 0.15) is 30.7 Å². The number of anilines is 1. The van der Waals surface area contributed by atoms with E-state index in [0.29, 0.717) is 12.8 Å². The summed E-state index contributed by atoms with van der Waals surface area (Å²) >= 11 is 0. The van der Waals surface area contributed by atoms with Gasteiger partial charge in [0.05, 0.1) is 13.2 Å². The normalized spacial score (nSPS) is 19.6. The van der Waals surface area contributed by atoms with Gasteiger partial charge >= 0.3 is 33.3 Å². The van der Waals surface area contributed by atoms with Crippen molar-refractivity contribution in [1.82, 2.24) is 9.55 Å². The van der Waals surface area contributed by atoms with Crippen molar-refractivity contribution < 1.29 is 66.3 Å². The van der Waals surface area contributed by atoms with Crippen molar-refractivity contribution in [2.45, 2.75) is 238 Å². The molecule has 0 saturated carbocycles. The van der Waals surface area contributed by atoms with Crippen LogP contribution < -0.4 is 11.4 Å². The largest absolute Gasteiger partial charge is 0.481 e. The minimum absolute atomic E-state index is 0.0567. The number of hydrogen-bond donors (Lipinski definition) is 5. The Morgan fingerprint density at radius 2 is 1.09 bits per heavy atom. The van der Waals surface area contributed by atoms with E-state index in [0.717, 1.165) is 67.8 Å². The van der Waals surface area contributed by atoms with Gasteiger partial charge in [0.2, 0.25) is 0 Å². The number of nitrogens with zero attached hydrogens (tertiary/aromatic N) is 2. The van der Waals surface area contributed by atoms with Crippen LogP contribution in [0.2, 0.25) is 0 Å². The first-order chi connectivity index (χ1) is 32.4. The maximum atomic E-state index is 12.9. The number of ether oxygens (including phenoxy) is 3. The number of unbranched alkanes of at least 4 members (excludes halogenated alkanes) is 22. The van der Waals surface area contributed by atoms with Crippen molar-refractivity contribution in [3.8, 4) is 0 Å². The van der Waals surface area contributed by atoms with Gasteiger partial charge in [0.15, 0.2) is 12.3 Å². The molecule has 396 valence electrons. The van der Waals surface area contributed by atoms with E-state index < -0.39 is 83.7 Å². The van der Waals surface area contributed by atoms with Crippen LogP contribution in [0.4, 0.5) is 5.82 Å². The molecule has 0 spiro atoms. The molecule has 1 saturated heterocycles. The quantitative estimate of drug-likeness (QED) is 0.0231. The minimum Gasteiger partial charge on any atom is -0.462 e. The van der Waals surface area contributed by atoms with Gasteiger partial charge in [-0.25, -0.2) is 13.9 Å². The molecule has 1 aliphatic heterocycles. The number of esters is 2. The van der Waals surface area contributed by atoms with Crippen LogP contribution in [-0.4, -0.2) is 85.7 Å². The highest BCUT2D eigenvalue weighted by molar-refractivity contribution is 7.61. The summed E-state index contributed by atoms with van der Waals surface area (Å²) in [5.41, 5.74) is 4.59. The van der Waals surface area contributed by atoms with E-state index in [-0.39, 0.29) is 18.7 Å². The molecular weight excluding hydrogens is 920 g/mol. The van der Waals surface area contributed by atoms with Crippen LogP contribution in [0, 0.1) is 11.8 Å². The number of carbonyl (C=O) groups excluding carboxylic acids is 2. The number of phosphoric ester groups is 2. The molecular formula is C48H89N3O15P2. The Morgan fingerprint density at radius 3 is 1.54 bits per heavy atom. The van der Waals surface area contributed by atoms with Crippen molar-refractivity contribution in [2.75, 3.05) is 25.6 Å². The third-order valence-corrected chi connectivity index (χ3v) is 14.6. The van der Waals surface area contributed by atoms with Crippen molar-refractivity contribution >= 4 is 33.4 Å². The lowest BCUT2D eigenvalue weighted by Crippen LogP contribution is -2.36. The van der Waals surface area contributed by atoms with Crippen LogP contribution in [0.1, 0.15) is 214 Å². The number of nitrogens with two attached hydrogens (primary N) is 1. The molecule has 18 nitrogen and oxygen atoms in total. The Bertz CT molecular complexity index is 1670. The molecule has 2 rings (SSSR count). The standard InChI is InChI=1S/C48H89N3O15P2/c1-38(2)29-25-21-17-13-9-7-5-6-8-10-16-20-24-28-32-44(53)64-40(35-61-43(52)31-27-23-19-15-12-11-14-18-22-26-30-39(3)4)36-62-67(57,58)66-68(59,60)63-37-41-45(54)46(55)47(65-41)51-34-33-42(49)50-48(51)56/h33-34,38-41,45-47,54-55H,5-32,35-37H2,1-4H3,(H,57,58)(H,59,60)(H2,49,50,56)/t40-,41-,45+,46?,47-/m1/s1. The van der Waals surface area contributed by atoms with Crippen LogP contribution in [0.25, 0.3) is 0 Å². The van der Waals surface area contributed by atoms with Crippen LogP contribution in [0.15, 0.2) is 17.1 Å². The first-order valence-corrected chi connectivity index (χ1v) is 28.8. The Kier molecular flexibility index (Phi) is 32.6. The molecule has 3 unspecified atom stereocenters. The van der Waals surface area contributed by atoms with E-state index in [2.05, 4.69) is 37.0 Å². The lowest BCUT2D eigenvalue weighted by atomic mass is 10.0. The number of rotatable bonds is 42. The van der Waals surface area contributed by atoms with Gasteiger partial charge in [0.25, 0.3) is 0 Å². The highest BCUT2D eigenvalue weighted by Crippen LogP contribution is 2.60. The zero-order valence-corrected chi connectivity index (χ0v) is 43.6. The summed E-state index contributed by atoms with van der Waals surface area (Å²) < 4.78 is 56.8. The van der Waals surface area contributed by atoms with Crippen LogP contribution >= 0.6 is 15.6 Å². The highest BCUT2D eigenvalue weighted by atomic mass is 31.3. The molecule has 6 N–H and O–H groups in total. The average Bonchev–Trinajstić information content (AvgIpc) is 3.55. The summed E-state index contributed by atoms with van der Waals surface area (Å²) in [5.74, 6) is 0.270. The van der Waals surface area contributed by atoms with Gasteiger partial charge in [-0.3, -0.25) is 23.2 Å². The lowest BCUT2D eigenvalue weighted by Gasteiger charge is -2.21. The number of carbonyl (C=O) groups is 2. The van der Waals surface area contributed by atoms with E-state index in [1.165, 1.54) is 115 Å². The molecule has 1 aromatic rings. The number of phosphoric acid groups is 2. The van der Waals surface area contributed by atoms with Gasteiger partial charge in [-0.1, -0.05) is 182 Å². The number of aromatic nitrogens is 2. The van der Waals surface area contributed by atoms with Gasteiger partial charge in [0, 0.05) is 19.0 Å². The second-order valence-electron chi connectivity index (χ2n) is 19.3. The maximum Gasteiger partial charge on any atom is 0.481 e. The van der Waals surface area contributed by atoms with E-state index in [1.807, 2.05) is 0 Å². The second-order valence-corrected chi connectivity index (χ2v) is 22.4. The summed E-state index contributed by atoms with van der Waals surface area (Å²) in [6, 6.07) is 1.25. The number of aliphatic hydroxyl groups excluding tert-OH is 2. The first-order valence-electron chi connectivity index (χ1n) is 25.8. The topological polar surface area (TPSA) is 265 Å². The predicted molar refractivity (Wildman–Crippen MR) is 261 cm³/mol. The third-order valence-electron chi connectivity index (χ3n) is 12.0. The van der Waals surface area contributed by atoms with Gasteiger partial charge in [-0.15, -0.1) is 0 Å². The molecule has 0 amide bonds. The Hall–Kier alpha value is -2.24. The molecule has 0 radical (unpaired) electrons. The predicted octanol–water partition coefficient (Wildman–Crippen LogP) is 10.4. The fourth-order valence-electron chi connectivity index (χ4n) is 8.04. The Labute approximate surface area is 406 Å². The zero-order chi connectivity index (χ0) is 50.2. The van der Waals surface area contributed by atoms with Gasteiger partial charge < -0.3 is 39.9 Å². The van der Waals surface area contributed by atoms with Crippen molar-refractivity contribution in [3.63, 3.8) is 0 Å². The fraction of sp³-hybridized carbons (Fsp3) is 0.875. The summed E-state index contributed by atoms with van der Waals surface area (Å²) in [6.07, 6.45) is 23.4. The van der Waals surface area contributed by atoms with Crippen LogP contribution in [0.5, 0.6) is 0 Å². The highest BCUT2D eigenvalue weighted by Gasteiger charge is 2.46. The summed E-state index contributed by atoms with van der Waals surface area (Å²) in [5, 5.41) is 20.9. The smallest absolute Gasteiger partial charge is 0.462 e. The first kappa shape index (κ1) is 61.9. The molecule has 0 aliphatic carbocycles. The number of nitrogen functional groups attached to an aromatic ring is 1. The summed E-state index contributed by atoms with van der Waals surface area (Å²) in [7, 11) is -10.8. The SMILES string of the molecule is CC(C)CCCCCCCCCCCCCCCCC(=O)O[C@H](COC(=O)CCCCCCCCCCCCC(C)C)COP(=O)(O)OP(=O)(O)OC[C@H]1O[C@@H](n2ccc(N)nc2=O)C(O)[C@H]1O. The Balaban J connectivity index is 1.79. The Morgan fingerprint density at radius 1 is 0.662 bits per heavy atom. The molecule has 68 heavy (non-hydrogen) atoms. The molecule has 2 heterocycles.